The summed E-state index contributed by atoms with van der Waals surface area (Å²) in [4.78, 5) is 37.2. The highest BCUT2D eigenvalue weighted by atomic mass is 32.2. The first kappa shape index (κ1) is 22.9. The highest BCUT2D eigenvalue weighted by molar-refractivity contribution is 7.99. The largest absolute Gasteiger partial charge is 0.463 e. The monoisotopic (exact) mass is 496 g/mol. The summed E-state index contributed by atoms with van der Waals surface area (Å²) in [6.07, 6.45) is 6.00. The molecule has 0 saturated carbocycles. The summed E-state index contributed by atoms with van der Waals surface area (Å²) in [6, 6.07) is 18.7. The number of nitro groups is 1. The third kappa shape index (κ3) is 4.95. The lowest BCUT2D eigenvalue weighted by atomic mass is 10.1. The Kier molecular flexibility index (Phi) is 6.45. The minimum absolute atomic E-state index is 0.119. The number of carbonyl (C=O) groups excluding carboxylic acids is 1. The highest BCUT2D eigenvalue weighted by Crippen LogP contribution is 2.33. The van der Waals surface area contributed by atoms with Gasteiger partial charge in [-0.1, -0.05) is 24.3 Å². The van der Waals surface area contributed by atoms with Gasteiger partial charge in [0, 0.05) is 29.4 Å². The quantitative estimate of drug-likeness (QED) is 0.142. The van der Waals surface area contributed by atoms with Crippen LogP contribution < -0.4 is 5.43 Å². The lowest BCUT2D eigenvalue weighted by molar-refractivity contribution is -0.387. The number of carbonyl (C=O) groups is 1. The number of hydrogen-bond acceptors (Lipinski definition) is 9. The molecule has 2 aromatic carbocycles. The second-order valence-electron chi connectivity index (χ2n) is 7.37. The van der Waals surface area contributed by atoms with Gasteiger partial charge in [0.15, 0.2) is 10.9 Å². The molecular weight excluding hydrogens is 480 g/mol. The molecular formula is C25H16N6O4S. The summed E-state index contributed by atoms with van der Waals surface area (Å²) in [5.74, 6) is 0.0741. The third-order valence-corrected chi connectivity index (χ3v) is 6.00. The molecule has 0 radical (unpaired) electrons. The van der Waals surface area contributed by atoms with Gasteiger partial charge < -0.3 is 4.42 Å². The van der Waals surface area contributed by atoms with Crippen molar-refractivity contribution in [1.29, 1.82) is 0 Å². The van der Waals surface area contributed by atoms with Crippen LogP contribution >= 0.6 is 11.8 Å². The van der Waals surface area contributed by atoms with Crippen LogP contribution in [0.25, 0.3) is 22.4 Å². The van der Waals surface area contributed by atoms with Gasteiger partial charge >= 0.3 is 0 Å². The van der Waals surface area contributed by atoms with E-state index in [1.807, 2.05) is 12.1 Å². The maximum Gasteiger partial charge on any atom is 0.283 e. The molecule has 0 unspecified atom stereocenters. The Balaban J connectivity index is 1.38. The van der Waals surface area contributed by atoms with Crippen LogP contribution in [0, 0.1) is 10.1 Å². The second kappa shape index (κ2) is 10.2. The molecule has 0 bridgehead atoms. The lowest BCUT2D eigenvalue weighted by Crippen LogP contribution is -2.18. The van der Waals surface area contributed by atoms with E-state index < -0.39 is 10.8 Å². The van der Waals surface area contributed by atoms with Crippen molar-refractivity contribution >= 4 is 40.5 Å². The minimum atomic E-state index is -0.486. The van der Waals surface area contributed by atoms with Crippen molar-refractivity contribution in [3.63, 3.8) is 0 Å². The number of aromatic nitrogens is 3. The van der Waals surface area contributed by atoms with Crippen molar-refractivity contribution in [3.8, 4) is 11.5 Å². The standard InChI is InChI=1S/C25H16N6O4S/c32-24(18-14-20(22-7-3-12-35-22)29-19-6-2-1-5-17(18)19)30-28-15-16-8-9-23(21(13-16)31(33)34)36-25-26-10-4-11-27-25/h1-15H,(H,30,32)/b28-15+. The van der Waals surface area contributed by atoms with Crippen molar-refractivity contribution in [2.24, 2.45) is 5.10 Å². The van der Waals surface area contributed by atoms with Crippen molar-refractivity contribution in [1.82, 2.24) is 20.4 Å². The number of rotatable bonds is 7. The Bertz CT molecular complexity index is 1590. The number of nitrogens with zero attached hydrogens (tertiary/aromatic N) is 5. The zero-order chi connectivity index (χ0) is 24.9. The summed E-state index contributed by atoms with van der Waals surface area (Å²) in [5, 5.41) is 16.7. The van der Waals surface area contributed by atoms with Gasteiger partial charge in [-0.3, -0.25) is 14.9 Å². The predicted octanol–water partition coefficient (Wildman–Crippen LogP) is 5.11. The number of furan rings is 1. The maximum atomic E-state index is 13.0. The first-order valence-electron chi connectivity index (χ1n) is 10.6. The summed E-state index contributed by atoms with van der Waals surface area (Å²) >= 11 is 1.09. The van der Waals surface area contributed by atoms with Crippen LogP contribution in [0.4, 0.5) is 5.69 Å². The molecule has 11 heteroatoms. The van der Waals surface area contributed by atoms with Crippen molar-refractivity contribution < 1.29 is 14.1 Å². The molecule has 176 valence electrons. The Morgan fingerprint density at radius 1 is 1.06 bits per heavy atom. The van der Waals surface area contributed by atoms with Crippen LogP contribution in [0.15, 0.2) is 105 Å². The molecule has 3 aromatic heterocycles. The molecule has 0 saturated heterocycles. The average molecular weight is 497 g/mol. The van der Waals surface area contributed by atoms with E-state index in [1.54, 1.807) is 60.9 Å². The van der Waals surface area contributed by atoms with E-state index in [-0.39, 0.29) is 5.69 Å². The van der Waals surface area contributed by atoms with Crippen LogP contribution in [0.2, 0.25) is 0 Å². The van der Waals surface area contributed by atoms with Crippen LogP contribution in [0.1, 0.15) is 15.9 Å². The molecule has 0 fully saturated rings. The first-order valence-corrected chi connectivity index (χ1v) is 11.4. The molecule has 0 aliphatic heterocycles. The molecule has 0 aliphatic rings. The number of amides is 1. The minimum Gasteiger partial charge on any atom is -0.463 e. The number of nitrogens with one attached hydrogen (secondary N) is 1. The fourth-order valence-corrected chi connectivity index (χ4v) is 4.22. The second-order valence-corrected chi connectivity index (χ2v) is 8.38. The number of fused-ring (bicyclic) bond motifs is 1. The van der Waals surface area contributed by atoms with E-state index in [0.29, 0.717) is 43.5 Å². The van der Waals surface area contributed by atoms with Gasteiger partial charge in [-0.15, -0.1) is 0 Å². The number of benzene rings is 2. The molecule has 1 N–H and O–H groups in total. The molecule has 0 spiro atoms. The van der Waals surface area contributed by atoms with Gasteiger partial charge in [0.25, 0.3) is 11.6 Å². The SMILES string of the molecule is O=C(N/N=C/c1ccc(Sc2ncccn2)c([N+](=O)[O-])c1)c1cc(-c2ccco2)nc2ccccc12. The third-order valence-electron chi connectivity index (χ3n) is 5.04. The van der Waals surface area contributed by atoms with Crippen molar-refractivity contribution in [3.05, 3.63) is 107 Å². The van der Waals surface area contributed by atoms with E-state index >= 15 is 0 Å². The van der Waals surface area contributed by atoms with Crippen molar-refractivity contribution in [2.45, 2.75) is 10.1 Å². The summed E-state index contributed by atoms with van der Waals surface area (Å²) in [7, 11) is 0. The number of hydrazone groups is 1. The zero-order valence-electron chi connectivity index (χ0n) is 18.4. The smallest absolute Gasteiger partial charge is 0.283 e. The fourth-order valence-electron chi connectivity index (χ4n) is 3.42. The van der Waals surface area contributed by atoms with Crippen LogP contribution in [0.3, 0.4) is 0 Å². The first-order chi connectivity index (χ1) is 17.6. The molecule has 5 rings (SSSR count). The lowest BCUT2D eigenvalue weighted by Gasteiger charge is -2.07. The van der Waals surface area contributed by atoms with Gasteiger partial charge in [-0.2, -0.15) is 5.10 Å². The van der Waals surface area contributed by atoms with E-state index in [9.17, 15) is 14.9 Å². The Hall–Kier alpha value is -4.90. The molecule has 36 heavy (non-hydrogen) atoms. The van der Waals surface area contributed by atoms with Crippen molar-refractivity contribution in [2.75, 3.05) is 0 Å². The van der Waals surface area contributed by atoms with E-state index in [4.69, 9.17) is 4.42 Å². The highest BCUT2D eigenvalue weighted by Gasteiger charge is 2.17. The van der Waals surface area contributed by atoms with Gasteiger partial charge in [-0.25, -0.2) is 20.4 Å². The van der Waals surface area contributed by atoms with E-state index in [1.165, 1.54) is 18.5 Å². The molecule has 0 aliphatic carbocycles. The van der Waals surface area contributed by atoms with Crippen LogP contribution in [-0.4, -0.2) is 32.0 Å². The van der Waals surface area contributed by atoms with E-state index in [0.717, 1.165) is 11.8 Å². The van der Waals surface area contributed by atoms with Crippen LogP contribution in [0.5, 0.6) is 0 Å². The number of pyridine rings is 1. The average Bonchev–Trinajstić information content (AvgIpc) is 3.44. The molecule has 3 heterocycles. The van der Waals surface area contributed by atoms with Gasteiger partial charge in [0.2, 0.25) is 0 Å². The number of para-hydroxylation sites is 1. The van der Waals surface area contributed by atoms with E-state index in [2.05, 4.69) is 25.5 Å². The Morgan fingerprint density at radius 2 is 1.89 bits per heavy atom. The molecule has 0 atom stereocenters. The summed E-state index contributed by atoms with van der Waals surface area (Å²) in [5.41, 5.74) is 4.32. The Labute approximate surface area is 208 Å². The van der Waals surface area contributed by atoms with Crippen LogP contribution in [-0.2, 0) is 0 Å². The summed E-state index contributed by atoms with van der Waals surface area (Å²) < 4.78 is 5.43. The number of nitro benzene ring substituents is 1. The predicted molar refractivity (Wildman–Crippen MR) is 134 cm³/mol. The summed E-state index contributed by atoms with van der Waals surface area (Å²) in [6.45, 7) is 0. The molecule has 10 nitrogen and oxygen atoms in total. The number of hydrogen-bond donors (Lipinski definition) is 1. The maximum absolute atomic E-state index is 13.0. The molecule has 1 amide bonds. The normalized spacial score (nSPS) is 11.1. The fraction of sp³-hybridized carbons (Fsp3) is 0. The molecule has 5 aromatic rings. The van der Waals surface area contributed by atoms with Gasteiger partial charge in [-0.05, 0) is 48.2 Å². The topological polar surface area (TPSA) is 136 Å². The Morgan fingerprint density at radius 3 is 2.67 bits per heavy atom. The van der Waals surface area contributed by atoms with Gasteiger partial charge in [0.05, 0.1) is 33.4 Å². The van der Waals surface area contributed by atoms with Gasteiger partial charge in [0.1, 0.15) is 5.69 Å². The zero-order valence-corrected chi connectivity index (χ0v) is 19.3.